The van der Waals surface area contributed by atoms with E-state index in [-0.39, 0.29) is 18.5 Å². The van der Waals surface area contributed by atoms with Gasteiger partial charge in [-0.2, -0.15) is 5.10 Å². The smallest absolute Gasteiger partial charge is 0.123 e. The number of ether oxygens (including phenoxy) is 2. The monoisotopic (exact) mass is 339 g/mol. The standard InChI is InChI=1S/C17H25N3O2.ClH/c1-12-15-11-19-20-16(15)6-7-17(12)22-14-5-3-4-13(10-14)18-8-9-21-2;/h6-7,11,13-14,18H,3-5,8-10H2,1-2H3,(H,19,20);1H. The summed E-state index contributed by atoms with van der Waals surface area (Å²) in [6.07, 6.45) is 6.79. The Kier molecular flexibility index (Phi) is 6.69. The lowest BCUT2D eigenvalue weighted by Gasteiger charge is -2.30. The summed E-state index contributed by atoms with van der Waals surface area (Å²) in [5, 5.41) is 11.8. The number of hydrogen-bond acceptors (Lipinski definition) is 4. The predicted octanol–water partition coefficient (Wildman–Crippen LogP) is 3.22. The van der Waals surface area contributed by atoms with Crippen LogP contribution in [0.5, 0.6) is 5.75 Å². The average molecular weight is 340 g/mol. The molecule has 128 valence electrons. The van der Waals surface area contributed by atoms with Crippen LogP contribution in [0.3, 0.4) is 0 Å². The number of H-pyrrole nitrogens is 1. The molecule has 1 aromatic heterocycles. The summed E-state index contributed by atoms with van der Waals surface area (Å²) in [7, 11) is 1.74. The molecule has 1 aliphatic rings. The summed E-state index contributed by atoms with van der Waals surface area (Å²) in [5.41, 5.74) is 2.23. The lowest BCUT2D eigenvalue weighted by Crippen LogP contribution is -2.39. The van der Waals surface area contributed by atoms with E-state index in [1.807, 2.05) is 12.3 Å². The SMILES string of the molecule is COCCNC1CCCC(Oc2ccc3[nH]ncc3c2C)C1.Cl. The normalized spacial score (nSPS) is 21.1. The molecule has 1 aromatic carbocycles. The maximum absolute atomic E-state index is 6.29. The lowest BCUT2D eigenvalue weighted by atomic mass is 9.92. The molecule has 1 heterocycles. The van der Waals surface area contributed by atoms with Gasteiger partial charge in [0.25, 0.3) is 0 Å². The Bertz CT molecular complexity index is 617. The molecule has 0 aliphatic heterocycles. The van der Waals surface area contributed by atoms with Gasteiger partial charge in [0.1, 0.15) is 11.9 Å². The molecular weight excluding hydrogens is 314 g/mol. The molecule has 2 atom stereocenters. The molecule has 1 fully saturated rings. The Labute approximate surface area is 143 Å². The number of nitrogens with one attached hydrogen (secondary N) is 2. The average Bonchev–Trinajstić information content (AvgIpc) is 3.00. The second-order valence-corrected chi connectivity index (χ2v) is 6.07. The fourth-order valence-electron chi connectivity index (χ4n) is 3.25. The van der Waals surface area contributed by atoms with Crippen molar-refractivity contribution in [3.63, 3.8) is 0 Å². The molecule has 1 saturated carbocycles. The third-order valence-electron chi connectivity index (χ3n) is 4.50. The van der Waals surface area contributed by atoms with Gasteiger partial charge in [0.2, 0.25) is 0 Å². The summed E-state index contributed by atoms with van der Waals surface area (Å²) in [6, 6.07) is 4.63. The zero-order valence-electron chi connectivity index (χ0n) is 13.8. The topological polar surface area (TPSA) is 59.2 Å². The number of rotatable bonds is 6. The molecule has 2 aromatic rings. The molecule has 0 amide bonds. The second-order valence-electron chi connectivity index (χ2n) is 6.07. The summed E-state index contributed by atoms with van der Waals surface area (Å²) >= 11 is 0. The highest BCUT2D eigenvalue weighted by Crippen LogP contribution is 2.29. The Morgan fingerprint density at radius 1 is 1.35 bits per heavy atom. The van der Waals surface area contributed by atoms with Crippen molar-refractivity contribution in [1.29, 1.82) is 0 Å². The van der Waals surface area contributed by atoms with Crippen molar-refractivity contribution in [3.05, 3.63) is 23.9 Å². The van der Waals surface area contributed by atoms with E-state index in [4.69, 9.17) is 9.47 Å². The minimum Gasteiger partial charge on any atom is -0.490 e. The molecular formula is C17H26ClN3O2. The van der Waals surface area contributed by atoms with Gasteiger partial charge in [-0.05, 0) is 44.7 Å². The molecule has 23 heavy (non-hydrogen) atoms. The number of fused-ring (bicyclic) bond motifs is 1. The van der Waals surface area contributed by atoms with Gasteiger partial charge in [0.05, 0.1) is 18.3 Å². The first-order valence-corrected chi connectivity index (χ1v) is 8.09. The quantitative estimate of drug-likeness (QED) is 0.793. The van der Waals surface area contributed by atoms with E-state index < -0.39 is 0 Å². The third-order valence-corrected chi connectivity index (χ3v) is 4.50. The van der Waals surface area contributed by atoms with E-state index in [0.29, 0.717) is 6.04 Å². The van der Waals surface area contributed by atoms with Gasteiger partial charge in [-0.3, -0.25) is 5.10 Å². The molecule has 6 heteroatoms. The number of benzene rings is 1. The first-order chi connectivity index (χ1) is 10.8. The summed E-state index contributed by atoms with van der Waals surface area (Å²) in [5.74, 6) is 0.983. The van der Waals surface area contributed by atoms with Crippen molar-refractivity contribution in [2.24, 2.45) is 0 Å². The minimum absolute atomic E-state index is 0. The van der Waals surface area contributed by atoms with Crippen LogP contribution in [-0.2, 0) is 4.74 Å². The van der Waals surface area contributed by atoms with Gasteiger partial charge in [0, 0.05) is 30.6 Å². The number of aromatic amines is 1. The van der Waals surface area contributed by atoms with Crippen molar-refractivity contribution >= 4 is 23.3 Å². The minimum atomic E-state index is 0. The van der Waals surface area contributed by atoms with E-state index in [0.717, 1.165) is 42.6 Å². The number of methoxy groups -OCH3 is 1. The van der Waals surface area contributed by atoms with Gasteiger partial charge in [0.15, 0.2) is 0 Å². The third kappa shape index (κ3) is 4.37. The molecule has 2 N–H and O–H groups in total. The number of aryl methyl sites for hydroxylation is 1. The van der Waals surface area contributed by atoms with Crippen LogP contribution in [0, 0.1) is 6.92 Å². The molecule has 3 rings (SSSR count). The fraction of sp³-hybridized carbons (Fsp3) is 0.588. The Balaban J connectivity index is 0.00000192. The Morgan fingerprint density at radius 2 is 2.22 bits per heavy atom. The van der Waals surface area contributed by atoms with Crippen molar-refractivity contribution in [2.45, 2.75) is 44.8 Å². The van der Waals surface area contributed by atoms with Crippen molar-refractivity contribution in [1.82, 2.24) is 15.5 Å². The molecule has 0 spiro atoms. The van der Waals surface area contributed by atoms with E-state index in [2.05, 4.69) is 28.5 Å². The molecule has 0 saturated heterocycles. The maximum Gasteiger partial charge on any atom is 0.123 e. The van der Waals surface area contributed by atoms with Crippen molar-refractivity contribution < 1.29 is 9.47 Å². The van der Waals surface area contributed by atoms with Crippen LogP contribution in [0.1, 0.15) is 31.2 Å². The van der Waals surface area contributed by atoms with Gasteiger partial charge in [-0.1, -0.05) is 0 Å². The molecule has 2 unspecified atom stereocenters. The molecule has 0 bridgehead atoms. The number of aromatic nitrogens is 2. The highest BCUT2D eigenvalue weighted by Gasteiger charge is 2.23. The lowest BCUT2D eigenvalue weighted by molar-refractivity contribution is 0.128. The molecule has 0 radical (unpaired) electrons. The zero-order chi connectivity index (χ0) is 15.4. The highest BCUT2D eigenvalue weighted by atomic mass is 35.5. The van der Waals surface area contributed by atoms with Crippen LogP contribution in [0.15, 0.2) is 18.3 Å². The Hall–Kier alpha value is -1.30. The Morgan fingerprint density at radius 3 is 3.04 bits per heavy atom. The number of hydrogen-bond donors (Lipinski definition) is 2. The largest absolute Gasteiger partial charge is 0.490 e. The first-order valence-electron chi connectivity index (χ1n) is 8.09. The van der Waals surface area contributed by atoms with Crippen molar-refractivity contribution in [2.75, 3.05) is 20.3 Å². The molecule has 5 nitrogen and oxygen atoms in total. The van der Waals surface area contributed by atoms with E-state index in [1.165, 1.54) is 18.4 Å². The van der Waals surface area contributed by atoms with Crippen molar-refractivity contribution in [3.8, 4) is 5.75 Å². The summed E-state index contributed by atoms with van der Waals surface area (Å²) < 4.78 is 11.4. The summed E-state index contributed by atoms with van der Waals surface area (Å²) in [6.45, 7) is 3.77. The predicted molar refractivity (Wildman–Crippen MR) is 94.6 cm³/mol. The van der Waals surface area contributed by atoms with E-state index in [1.54, 1.807) is 7.11 Å². The van der Waals surface area contributed by atoms with Crippen LogP contribution in [-0.4, -0.2) is 42.6 Å². The van der Waals surface area contributed by atoms with E-state index in [9.17, 15) is 0 Å². The second kappa shape index (κ2) is 8.52. The number of halogens is 1. The van der Waals surface area contributed by atoms with Gasteiger partial charge >= 0.3 is 0 Å². The van der Waals surface area contributed by atoms with Crippen LogP contribution < -0.4 is 10.1 Å². The van der Waals surface area contributed by atoms with Crippen LogP contribution in [0.25, 0.3) is 10.9 Å². The maximum atomic E-state index is 6.29. The van der Waals surface area contributed by atoms with Gasteiger partial charge in [-0.25, -0.2) is 0 Å². The molecule has 1 aliphatic carbocycles. The van der Waals surface area contributed by atoms with Crippen LogP contribution >= 0.6 is 12.4 Å². The zero-order valence-corrected chi connectivity index (χ0v) is 14.6. The van der Waals surface area contributed by atoms with E-state index >= 15 is 0 Å². The first kappa shape index (κ1) is 18.0. The van der Waals surface area contributed by atoms with Crippen LogP contribution in [0.2, 0.25) is 0 Å². The van der Waals surface area contributed by atoms with Gasteiger partial charge < -0.3 is 14.8 Å². The highest BCUT2D eigenvalue weighted by molar-refractivity contribution is 5.85. The fourth-order valence-corrected chi connectivity index (χ4v) is 3.25. The number of nitrogens with zero attached hydrogens (tertiary/aromatic N) is 1. The van der Waals surface area contributed by atoms with Crippen LogP contribution in [0.4, 0.5) is 0 Å². The van der Waals surface area contributed by atoms with Gasteiger partial charge in [-0.15, -0.1) is 12.4 Å². The summed E-state index contributed by atoms with van der Waals surface area (Å²) in [4.78, 5) is 0.